The fourth-order valence-electron chi connectivity index (χ4n) is 3.49. The minimum absolute atomic E-state index is 0.0499. The number of hydrogen-bond donors (Lipinski definition) is 2. The predicted octanol–water partition coefficient (Wildman–Crippen LogP) is 5.21. The summed E-state index contributed by atoms with van der Waals surface area (Å²) < 4.78 is 29.2. The number of aromatic hydroxyl groups is 1. The summed E-state index contributed by atoms with van der Waals surface area (Å²) in [4.78, 5) is 12.6. The van der Waals surface area contributed by atoms with Crippen molar-refractivity contribution in [3.63, 3.8) is 0 Å². The standard InChI is InChI=1S/C26H29NO5S/c1-17-24(12-11-22(25(17)29)23(28)15-26(2,3)4)32-16-18-7-5-8-19(13-18)20-9-6-10-21(14-20)33(27,30)31/h5-14,29H,15-16H2,1-4H3,(H2,27,30,31). The molecule has 6 nitrogen and oxygen atoms in total. The van der Waals surface area contributed by atoms with Gasteiger partial charge in [-0.25, -0.2) is 13.6 Å². The number of ether oxygens (including phenoxy) is 1. The molecule has 3 rings (SSSR count). The van der Waals surface area contributed by atoms with Crippen molar-refractivity contribution in [2.45, 2.75) is 45.6 Å². The molecule has 3 aromatic rings. The van der Waals surface area contributed by atoms with Gasteiger partial charge in [-0.15, -0.1) is 0 Å². The summed E-state index contributed by atoms with van der Waals surface area (Å²) in [5.74, 6) is 0.320. The van der Waals surface area contributed by atoms with Gasteiger partial charge in [0.1, 0.15) is 18.1 Å². The summed E-state index contributed by atoms with van der Waals surface area (Å²) in [5, 5.41) is 15.8. The molecule has 0 saturated heterocycles. The molecule has 0 aliphatic carbocycles. The molecule has 0 atom stereocenters. The van der Waals surface area contributed by atoms with Gasteiger partial charge in [-0.1, -0.05) is 51.1 Å². The number of carbonyl (C=O) groups is 1. The Morgan fingerprint density at radius 3 is 2.27 bits per heavy atom. The van der Waals surface area contributed by atoms with Crippen LogP contribution in [0, 0.1) is 12.3 Å². The third-order valence-electron chi connectivity index (χ3n) is 5.19. The van der Waals surface area contributed by atoms with E-state index in [2.05, 4.69) is 0 Å². The van der Waals surface area contributed by atoms with Crippen LogP contribution in [-0.4, -0.2) is 19.3 Å². The molecule has 174 valence electrons. The van der Waals surface area contributed by atoms with E-state index in [0.29, 0.717) is 23.3 Å². The molecule has 0 fully saturated rings. The highest BCUT2D eigenvalue weighted by Crippen LogP contribution is 2.34. The van der Waals surface area contributed by atoms with Gasteiger partial charge in [0.2, 0.25) is 10.0 Å². The quantitative estimate of drug-likeness (QED) is 0.464. The van der Waals surface area contributed by atoms with Gasteiger partial charge in [-0.05, 0) is 59.4 Å². The number of Topliss-reactive ketones (excluding diaryl/α,β-unsaturated/α-hetero) is 1. The summed E-state index contributed by atoms with van der Waals surface area (Å²) in [6.07, 6.45) is 0.333. The third-order valence-corrected chi connectivity index (χ3v) is 6.10. The van der Waals surface area contributed by atoms with Crippen LogP contribution in [0.25, 0.3) is 11.1 Å². The molecule has 0 amide bonds. The normalized spacial score (nSPS) is 11.9. The lowest BCUT2D eigenvalue weighted by Crippen LogP contribution is -2.13. The molecule has 0 aromatic heterocycles. The van der Waals surface area contributed by atoms with Gasteiger partial charge in [0, 0.05) is 12.0 Å². The maximum absolute atomic E-state index is 12.5. The molecule has 0 aliphatic rings. The monoisotopic (exact) mass is 467 g/mol. The second-order valence-corrected chi connectivity index (χ2v) is 10.9. The fraction of sp³-hybridized carbons (Fsp3) is 0.269. The van der Waals surface area contributed by atoms with E-state index in [1.807, 2.05) is 51.1 Å². The molecule has 0 heterocycles. The van der Waals surface area contributed by atoms with Crippen LogP contribution in [0.4, 0.5) is 0 Å². The molecule has 0 spiro atoms. The number of hydrogen-bond acceptors (Lipinski definition) is 5. The Kier molecular flexibility index (Phi) is 6.95. The van der Waals surface area contributed by atoms with Crippen molar-refractivity contribution >= 4 is 15.8 Å². The number of carbonyl (C=O) groups excluding carboxylic acids is 1. The number of primary sulfonamides is 1. The average Bonchev–Trinajstić information content (AvgIpc) is 2.73. The first-order valence-corrected chi connectivity index (χ1v) is 12.1. The van der Waals surface area contributed by atoms with Crippen LogP contribution in [0.15, 0.2) is 65.6 Å². The molecule has 7 heteroatoms. The van der Waals surface area contributed by atoms with Crippen LogP contribution in [0.5, 0.6) is 11.5 Å². The van der Waals surface area contributed by atoms with E-state index in [1.54, 1.807) is 25.1 Å². The number of ketones is 1. The number of benzene rings is 3. The Balaban J connectivity index is 1.79. The number of nitrogens with two attached hydrogens (primary N) is 1. The maximum atomic E-state index is 12.5. The summed E-state index contributed by atoms with van der Waals surface area (Å²) in [6.45, 7) is 7.88. The summed E-state index contributed by atoms with van der Waals surface area (Å²) in [6, 6.07) is 17.3. The van der Waals surface area contributed by atoms with Crippen molar-refractivity contribution in [1.29, 1.82) is 0 Å². The number of phenols is 1. The number of phenolic OH excluding ortho intramolecular Hbond substituents is 1. The van der Waals surface area contributed by atoms with Gasteiger partial charge in [0.25, 0.3) is 0 Å². The Bertz CT molecular complexity index is 1290. The highest BCUT2D eigenvalue weighted by Gasteiger charge is 2.21. The molecule has 0 saturated carbocycles. The highest BCUT2D eigenvalue weighted by molar-refractivity contribution is 7.89. The van der Waals surface area contributed by atoms with Crippen LogP contribution in [-0.2, 0) is 16.6 Å². The number of sulfonamides is 1. The van der Waals surface area contributed by atoms with E-state index in [4.69, 9.17) is 9.88 Å². The second-order valence-electron chi connectivity index (χ2n) is 9.31. The van der Waals surface area contributed by atoms with Gasteiger partial charge >= 0.3 is 0 Å². The van der Waals surface area contributed by atoms with Crippen molar-refractivity contribution < 1.29 is 23.1 Å². The van der Waals surface area contributed by atoms with E-state index >= 15 is 0 Å². The Morgan fingerprint density at radius 1 is 1.00 bits per heavy atom. The van der Waals surface area contributed by atoms with E-state index < -0.39 is 10.0 Å². The zero-order chi connectivity index (χ0) is 24.4. The van der Waals surface area contributed by atoms with E-state index in [0.717, 1.165) is 16.7 Å². The predicted molar refractivity (Wildman–Crippen MR) is 129 cm³/mol. The van der Waals surface area contributed by atoms with Crippen LogP contribution in [0.2, 0.25) is 0 Å². The molecule has 0 radical (unpaired) electrons. The van der Waals surface area contributed by atoms with Crippen molar-refractivity contribution in [3.8, 4) is 22.6 Å². The molecule has 3 aromatic carbocycles. The fourth-order valence-corrected chi connectivity index (χ4v) is 4.05. The Hall–Kier alpha value is -3.16. The zero-order valence-electron chi connectivity index (χ0n) is 19.3. The van der Waals surface area contributed by atoms with Crippen molar-refractivity contribution in [1.82, 2.24) is 0 Å². The van der Waals surface area contributed by atoms with Crippen LogP contribution in [0.3, 0.4) is 0 Å². The zero-order valence-corrected chi connectivity index (χ0v) is 20.1. The van der Waals surface area contributed by atoms with Gasteiger partial charge in [0.15, 0.2) is 5.78 Å². The molecular weight excluding hydrogens is 438 g/mol. The van der Waals surface area contributed by atoms with Crippen LogP contribution in [0.1, 0.15) is 48.7 Å². The van der Waals surface area contributed by atoms with E-state index in [1.165, 1.54) is 12.1 Å². The number of rotatable bonds is 7. The second kappa shape index (κ2) is 9.37. The third kappa shape index (κ3) is 6.21. The largest absolute Gasteiger partial charge is 0.507 e. The molecule has 3 N–H and O–H groups in total. The molecule has 33 heavy (non-hydrogen) atoms. The first kappa shape index (κ1) is 24.5. The smallest absolute Gasteiger partial charge is 0.238 e. The minimum Gasteiger partial charge on any atom is -0.507 e. The lowest BCUT2D eigenvalue weighted by atomic mass is 9.87. The molecule has 0 aliphatic heterocycles. The first-order chi connectivity index (χ1) is 15.3. The summed E-state index contributed by atoms with van der Waals surface area (Å²) in [5.41, 5.74) is 3.03. The van der Waals surface area contributed by atoms with E-state index in [-0.39, 0.29) is 28.5 Å². The molecule has 0 bridgehead atoms. The SMILES string of the molecule is Cc1c(OCc2cccc(-c3cccc(S(N)(=O)=O)c3)c2)ccc(C(=O)CC(C)(C)C)c1O. The van der Waals surface area contributed by atoms with Gasteiger partial charge in [-0.2, -0.15) is 0 Å². The van der Waals surface area contributed by atoms with Crippen LogP contribution >= 0.6 is 0 Å². The first-order valence-electron chi connectivity index (χ1n) is 10.6. The summed E-state index contributed by atoms with van der Waals surface area (Å²) in [7, 11) is -3.79. The minimum atomic E-state index is -3.79. The topological polar surface area (TPSA) is 107 Å². The Morgan fingerprint density at radius 2 is 1.64 bits per heavy atom. The van der Waals surface area contributed by atoms with Gasteiger partial charge in [0.05, 0.1) is 10.5 Å². The van der Waals surface area contributed by atoms with Crippen molar-refractivity contribution in [2.75, 3.05) is 0 Å². The molecule has 0 unspecified atom stereocenters. The average molecular weight is 468 g/mol. The van der Waals surface area contributed by atoms with Gasteiger partial charge < -0.3 is 9.84 Å². The Labute approximate surface area is 195 Å². The van der Waals surface area contributed by atoms with E-state index in [9.17, 15) is 18.3 Å². The van der Waals surface area contributed by atoms with Crippen molar-refractivity contribution in [2.24, 2.45) is 10.6 Å². The van der Waals surface area contributed by atoms with Crippen molar-refractivity contribution in [3.05, 3.63) is 77.4 Å². The highest BCUT2D eigenvalue weighted by atomic mass is 32.2. The molecular formula is C26H29NO5S. The lowest BCUT2D eigenvalue weighted by molar-refractivity contribution is 0.0937. The van der Waals surface area contributed by atoms with Gasteiger partial charge in [-0.3, -0.25) is 4.79 Å². The summed E-state index contributed by atoms with van der Waals surface area (Å²) >= 11 is 0. The van der Waals surface area contributed by atoms with Crippen LogP contribution < -0.4 is 9.88 Å². The maximum Gasteiger partial charge on any atom is 0.238 e. The lowest BCUT2D eigenvalue weighted by Gasteiger charge is -2.18.